The van der Waals surface area contributed by atoms with E-state index in [2.05, 4.69) is 0 Å². The van der Waals surface area contributed by atoms with Gasteiger partial charge >= 0.3 is 11.9 Å². The molecule has 0 bridgehead atoms. The third-order valence-electron chi connectivity index (χ3n) is 7.86. The fraction of sp³-hybridized carbons (Fsp3) is 0.469. The minimum atomic E-state index is -1.80. The van der Waals surface area contributed by atoms with Crippen LogP contribution in [0.3, 0.4) is 0 Å². The normalized spacial score (nSPS) is 30.4. The van der Waals surface area contributed by atoms with Crippen molar-refractivity contribution in [2.24, 2.45) is 0 Å². The summed E-state index contributed by atoms with van der Waals surface area (Å²) in [6.07, 6.45) is -14.8. The Labute approximate surface area is 272 Å². The van der Waals surface area contributed by atoms with Crippen LogP contribution < -0.4 is 14.9 Å². The van der Waals surface area contributed by atoms with Gasteiger partial charge in [-0.3, -0.25) is 14.4 Å². The van der Waals surface area contributed by atoms with Gasteiger partial charge in [0, 0.05) is 37.6 Å². The number of ether oxygens (including phenoxy) is 7. The molecule has 5 rings (SSSR count). The number of carbonyl (C=O) groups excluding carboxylic acids is 2. The van der Waals surface area contributed by atoms with Gasteiger partial charge in [-0.25, -0.2) is 0 Å². The first kappa shape index (κ1) is 35.0. The van der Waals surface area contributed by atoms with E-state index < -0.39 is 91.1 Å². The van der Waals surface area contributed by atoms with Crippen molar-refractivity contribution in [2.75, 3.05) is 13.7 Å². The number of fused-ring (bicyclic) bond motifs is 1. The summed E-state index contributed by atoms with van der Waals surface area (Å²) in [5.74, 6) is -1.29. The van der Waals surface area contributed by atoms with Gasteiger partial charge in [0.25, 0.3) is 0 Å². The van der Waals surface area contributed by atoms with Crippen molar-refractivity contribution in [3.8, 4) is 28.6 Å². The van der Waals surface area contributed by atoms with Crippen molar-refractivity contribution in [2.45, 2.75) is 82.2 Å². The van der Waals surface area contributed by atoms with E-state index in [9.17, 15) is 39.9 Å². The van der Waals surface area contributed by atoms with E-state index in [0.717, 1.165) is 19.9 Å². The summed E-state index contributed by atoms with van der Waals surface area (Å²) < 4.78 is 44.2. The molecule has 2 saturated heterocycles. The molecule has 2 aliphatic heterocycles. The highest BCUT2D eigenvalue weighted by molar-refractivity contribution is 5.86. The second-order valence-electron chi connectivity index (χ2n) is 11.3. The maximum absolute atomic E-state index is 12.9. The molecule has 48 heavy (non-hydrogen) atoms. The van der Waals surface area contributed by atoms with E-state index in [-0.39, 0.29) is 22.5 Å². The first-order valence-electron chi connectivity index (χ1n) is 14.9. The Balaban J connectivity index is 1.33. The largest absolute Gasteiger partial charge is 0.507 e. The van der Waals surface area contributed by atoms with Gasteiger partial charge in [0.1, 0.15) is 64.5 Å². The number of benzene rings is 2. The molecule has 10 unspecified atom stereocenters. The fourth-order valence-electron chi connectivity index (χ4n) is 5.49. The molecule has 0 spiro atoms. The third-order valence-corrected chi connectivity index (χ3v) is 7.86. The number of aromatic hydroxyl groups is 1. The first-order valence-corrected chi connectivity index (χ1v) is 14.9. The molecule has 10 atom stereocenters. The molecule has 2 aliphatic rings. The first-order chi connectivity index (χ1) is 22.8. The molecule has 16 heteroatoms. The molecule has 0 saturated carbocycles. The number of phenolic OH excluding ortho intramolecular Hbond substituents is 1. The Morgan fingerprint density at radius 1 is 0.812 bits per heavy atom. The van der Waals surface area contributed by atoms with Crippen LogP contribution in [-0.4, -0.2) is 113 Å². The van der Waals surface area contributed by atoms with Crippen LogP contribution in [0.5, 0.6) is 17.2 Å². The smallest absolute Gasteiger partial charge is 0.303 e. The molecular formula is C32H36O16. The standard InChI is InChI=1S/C32H36O16/c1-13-29(44-14(2)33)30(45-15(3)34)28(40)31(43-13)42-12-23-25(37)26(38)27(39)32(48-23)46-18-9-19(35)24-20(36)11-21(47-22(24)10-18)16-5-7-17(41-4)8-6-16/h5-11,13,23,25-32,35,37-40H,12H2,1-4H3. The number of hydrogen-bond donors (Lipinski definition) is 5. The minimum absolute atomic E-state index is 0.0546. The van der Waals surface area contributed by atoms with Gasteiger partial charge in [-0.2, -0.15) is 0 Å². The molecule has 5 N–H and O–H groups in total. The molecular weight excluding hydrogens is 640 g/mol. The van der Waals surface area contributed by atoms with Gasteiger partial charge in [-0.15, -0.1) is 0 Å². The van der Waals surface area contributed by atoms with Gasteiger partial charge in [0.2, 0.25) is 6.29 Å². The number of esters is 2. The van der Waals surface area contributed by atoms with Crippen LogP contribution >= 0.6 is 0 Å². The Hall–Kier alpha value is -4.29. The van der Waals surface area contributed by atoms with Gasteiger partial charge < -0.3 is 63.1 Å². The zero-order valence-corrected chi connectivity index (χ0v) is 26.2. The van der Waals surface area contributed by atoms with E-state index in [1.165, 1.54) is 26.2 Å². The molecule has 260 valence electrons. The van der Waals surface area contributed by atoms with Crippen molar-refractivity contribution in [3.05, 3.63) is 52.7 Å². The second kappa shape index (κ2) is 14.4. The summed E-state index contributed by atoms with van der Waals surface area (Å²) in [6, 6.07) is 10.3. The number of rotatable bonds is 9. The highest BCUT2D eigenvalue weighted by atomic mass is 16.7. The molecule has 0 amide bonds. The number of aliphatic hydroxyl groups is 4. The Morgan fingerprint density at radius 3 is 2.12 bits per heavy atom. The summed E-state index contributed by atoms with van der Waals surface area (Å²) in [7, 11) is 1.51. The number of carbonyl (C=O) groups is 2. The number of phenols is 1. The zero-order valence-electron chi connectivity index (χ0n) is 26.2. The van der Waals surface area contributed by atoms with Crippen molar-refractivity contribution in [1.29, 1.82) is 0 Å². The molecule has 0 aliphatic carbocycles. The fourth-order valence-corrected chi connectivity index (χ4v) is 5.49. The lowest BCUT2D eigenvalue weighted by atomic mass is 9.98. The van der Waals surface area contributed by atoms with Crippen LogP contribution in [0.25, 0.3) is 22.3 Å². The summed E-state index contributed by atoms with van der Waals surface area (Å²) >= 11 is 0. The maximum Gasteiger partial charge on any atom is 0.303 e. The Bertz CT molecular complexity index is 1670. The summed E-state index contributed by atoms with van der Waals surface area (Å²) in [6.45, 7) is 3.22. The Morgan fingerprint density at radius 2 is 1.48 bits per heavy atom. The van der Waals surface area contributed by atoms with Crippen LogP contribution in [0.15, 0.2) is 51.7 Å². The Kier molecular flexibility index (Phi) is 10.5. The van der Waals surface area contributed by atoms with Gasteiger partial charge in [0.15, 0.2) is 23.9 Å². The topological polar surface area (TPSA) is 230 Å². The second-order valence-corrected chi connectivity index (χ2v) is 11.3. The number of aliphatic hydroxyl groups excluding tert-OH is 4. The van der Waals surface area contributed by atoms with E-state index in [1.54, 1.807) is 24.3 Å². The van der Waals surface area contributed by atoms with E-state index in [0.29, 0.717) is 11.3 Å². The van der Waals surface area contributed by atoms with Crippen LogP contribution in [0.4, 0.5) is 0 Å². The highest BCUT2D eigenvalue weighted by Crippen LogP contribution is 2.34. The molecule has 3 aromatic rings. The molecule has 2 aromatic carbocycles. The van der Waals surface area contributed by atoms with Crippen LogP contribution in [0.1, 0.15) is 20.8 Å². The van der Waals surface area contributed by atoms with Crippen molar-refractivity contribution >= 4 is 22.9 Å². The predicted molar refractivity (Wildman–Crippen MR) is 161 cm³/mol. The monoisotopic (exact) mass is 676 g/mol. The van der Waals surface area contributed by atoms with E-state index in [1.807, 2.05) is 0 Å². The van der Waals surface area contributed by atoms with E-state index >= 15 is 0 Å². The highest BCUT2D eigenvalue weighted by Gasteiger charge is 2.50. The summed E-state index contributed by atoms with van der Waals surface area (Å²) in [5, 5.41) is 53.3. The van der Waals surface area contributed by atoms with Crippen LogP contribution in [0.2, 0.25) is 0 Å². The van der Waals surface area contributed by atoms with Gasteiger partial charge in [-0.1, -0.05) is 0 Å². The zero-order chi connectivity index (χ0) is 34.9. The lowest BCUT2D eigenvalue weighted by molar-refractivity contribution is -0.320. The lowest BCUT2D eigenvalue weighted by Crippen LogP contribution is -2.62. The average Bonchev–Trinajstić information content (AvgIpc) is 3.03. The molecule has 0 radical (unpaired) electrons. The lowest BCUT2D eigenvalue weighted by Gasteiger charge is -2.43. The van der Waals surface area contributed by atoms with Crippen LogP contribution in [-0.2, 0) is 33.3 Å². The SMILES string of the molecule is COc1ccc(-c2cc(=O)c3c(O)cc(OC4OC(COC5OC(C)C(OC(C)=O)C(OC(C)=O)C5O)C(O)C(O)C4O)cc3o2)cc1. The van der Waals surface area contributed by atoms with Crippen LogP contribution in [0, 0.1) is 0 Å². The molecule has 16 nitrogen and oxygen atoms in total. The van der Waals surface area contributed by atoms with Crippen molar-refractivity contribution in [3.63, 3.8) is 0 Å². The minimum Gasteiger partial charge on any atom is -0.507 e. The van der Waals surface area contributed by atoms with Crippen molar-refractivity contribution in [1.82, 2.24) is 0 Å². The van der Waals surface area contributed by atoms with Crippen molar-refractivity contribution < 1.29 is 72.7 Å². The summed E-state index contributed by atoms with van der Waals surface area (Å²) in [4.78, 5) is 36.2. The molecule has 1 aromatic heterocycles. The molecule has 3 heterocycles. The number of hydrogen-bond acceptors (Lipinski definition) is 16. The van der Waals surface area contributed by atoms with Gasteiger partial charge in [0.05, 0.1) is 19.8 Å². The maximum atomic E-state index is 12.9. The van der Waals surface area contributed by atoms with E-state index in [4.69, 9.17) is 37.6 Å². The van der Waals surface area contributed by atoms with Gasteiger partial charge in [-0.05, 0) is 31.2 Å². The summed E-state index contributed by atoms with van der Waals surface area (Å²) in [5.41, 5.74) is -0.0393. The average molecular weight is 677 g/mol. The predicted octanol–water partition coefficient (Wildman–Crippen LogP) is 0.346. The third kappa shape index (κ3) is 7.39. The molecule has 2 fully saturated rings. The number of methoxy groups -OCH3 is 1. The quantitative estimate of drug-likeness (QED) is 0.193.